The third-order valence-corrected chi connectivity index (χ3v) is 5.54. The fourth-order valence-electron chi connectivity index (χ4n) is 3.76. The predicted octanol–water partition coefficient (Wildman–Crippen LogP) is 4.36. The predicted molar refractivity (Wildman–Crippen MR) is 127 cm³/mol. The summed E-state index contributed by atoms with van der Waals surface area (Å²) < 4.78 is 6.29. The Labute approximate surface area is 188 Å². The van der Waals surface area contributed by atoms with Gasteiger partial charge in [0, 0.05) is 18.0 Å². The molecular formula is C26H25N5O. The second kappa shape index (κ2) is 9.90. The van der Waals surface area contributed by atoms with Crippen molar-refractivity contribution < 1.29 is 4.74 Å². The summed E-state index contributed by atoms with van der Waals surface area (Å²) in [5.41, 5.74) is 5.22. The van der Waals surface area contributed by atoms with Crippen molar-refractivity contribution in [2.45, 2.75) is 18.6 Å². The van der Waals surface area contributed by atoms with E-state index < -0.39 is 0 Å². The molecule has 6 heteroatoms. The first kappa shape index (κ1) is 21.3. The Kier molecular flexibility index (Phi) is 6.59. The van der Waals surface area contributed by atoms with Crippen molar-refractivity contribution in [2.75, 3.05) is 18.4 Å². The van der Waals surface area contributed by atoms with E-state index in [1.807, 2.05) is 48.5 Å². The number of nitrogens with zero attached hydrogens (tertiary/aromatic N) is 2. The van der Waals surface area contributed by atoms with Crippen LogP contribution in [0.2, 0.25) is 0 Å². The lowest BCUT2D eigenvalue weighted by Crippen LogP contribution is -2.43. The molecule has 0 saturated heterocycles. The average Bonchev–Trinajstić information content (AvgIpc) is 2.86. The smallest absolute Gasteiger partial charge is 0.237 e. The van der Waals surface area contributed by atoms with Crippen molar-refractivity contribution in [1.29, 1.82) is 10.7 Å². The highest BCUT2D eigenvalue weighted by molar-refractivity contribution is 6.07. The van der Waals surface area contributed by atoms with Gasteiger partial charge < -0.3 is 20.8 Å². The van der Waals surface area contributed by atoms with Crippen LogP contribution in [0.5, 0.6) is 5.88 Å². The number of fused-ring (bicyclic) bond motifs is 1. The molecule has 2 aromatic carbocycles. The number of benzene rings is 2. The van der Waals surface area contributed by atoms with Crippen LogP contribution in [0.1, 0.15) is 28.3 Å². The summed E-state index contributed by atoms with van der Waals surface area (Å²) in [7, 11) is 0. The zero-order chi connectivity index (χ0) is 22.3. The number of aromatic nitrogens is 1. The summed E-state index contributed by atoms with van der Waals surface area (Å²) >= 11 is 0. The van der Waals surface area contributed by atoms with E-state index in [1.165, 1.54) is 11.8 Å². The molecule has 160 valence electrons. The molecule has 4 rings (SSSR count). The minimum atomic E-state index is -0.143. The maximum absolute atomic E-state index is 8.97. The topological polar surface area (TPSA) is 93.8 Å². The van der Waals surface area contributed by atoms with Crippen molar-refractivity contribution in [2.24, 2.45) is 0 Å². The number of hydrogen-bond donors (Lipinski definition) is 3. The van der Waals surface area contributed by atoms with E-state index in [4.69, 9.17) is 15.4 Å². The first-order chi connectivity index (χ1) is 15.7. The lowest BCUT2D eigenvalue weighted by Gasteiger charge is -2.33. The number of nitriles is 1. The highest BCUT2D eigenvalue weighted by Crippen LogP contribution is 2.32. The lowest BCUT2D eigenvalue weighted by atomic mass is 9.99. The maximum atomic E-state index is 8.97. The number of anilines is 1. The number of allylic oxidation sites excluding steroid dienone is 1. The minimum Gasteiger partial charge on any atom is -0.469 e. The van der Waals surface area contributed by atoms with E-state index >= 15 is 0 Å². The second-order valence-corrected chi connectivity index (χ2v) is 7.68. The van der Waals surface area contributed by atoms with Gasteiger partial charge in [-0.05, 0) is 47.9 Å². The Morgan fingerprint density at radius 3 is 2.78 bits per heavy atom. The summed E-state index contributed by atoms with van der Waals surface area (Å²) in [5.74, 6) is 0.553. The van der Waals surface area contributed by atoms with Gasteiger partial charge in [-0.2, -0.15) is 5.26 Å². The van der Waals surface area contributed by atoms with Crippen molar-refractivity contribution in [3.8, 4) is 11.9 Å². The van der Waals surface area contributed by atoms with Gasteiger partial charge in [-0.3, -0.25) is 0 Å². The summed E-state index contributed by atoms with van der Waals surface area (Å²) in [6.07, 6.45) is 3.61. The molecule has 3 aromatic rings. The normalized spacial score (nSPS) is 15.4. The first-order valence-electron chi connectivity index (χ1n) is 10.6. The Bertz CT molecular complexity index is 1140. The van der Waals surface area contributed by atoms with Crippen molar-refractivity contribution in [3.05, 3.63) is 95.7 Å². The molecule has 0 saturated carbocycles. The third-order valence-electron chi connectivity index (χ3n) is 5.54. The van der Waals surface area contributed by atoms with E-state index in [1.54, 1.807) is 6.20 Å². The number of pyridine rings is 1. The van der Waals surface area contributed by atoms with Crippen LogP contribution in [-0.4, -0.2) is 30.4 Å². The van der Waals surface area contributed by atoms with Crippen molar-refractivity contribution in [3.63, 3.8) is 0 Å². The summed E-state index contributed by atoms with van der Waals surface area (Å²) in [6.45, 7) is 5.26. The molecule has 0 bridgehead atoms. The van der Waals surface area contributed by atoms with Gasteiger partial charge in [0.05, 0.1) is 29.9 Å². The zero-order valence-corrected chi connectivity index (χ0v) is 17.7. The lowest BCUT2D eigenvalue weighted by molar-refractivity contribution is 0.150. The van der Waals surface area contributed by atoms with E-state index in [-0.39, 0.29) is 12.1 Å². The van der Waals surface area contributed by atoms with Crippen molar-refractivity contribution in [1.82, 2.24) is 10.3 Å². The van der Waals surface area contributed by atoms with Gasteiger partial charge >= 0.3 is 0 Å². The van der Waals surface area contributed by atoms with E-state index in [0.29, 0.717) is 23.6 Å². The van der Waals surface area contributed by atoms with Gasteiger partial charge in [0.15, 0.2) is 0 Å². The van der Waals surface area contributed by atoms with Crippen molar-refractivity contribution >= 4 is 17.5 Å². The molecule has 32 heavy (non-hydrogen) atoms. The second-order valence-electron chi connectivity index (χ2n) is 7.68. The maximum Gasteiger partial charge on any atom is 0.237 e. The molecule has 2 atom stereocenters. The van der Waals surface area contributed by atoms with E-state index in [9.17, 15) is 0 Å². The molecule has 2 heterocycles. The quantitative estimate of drug-likeness (QED) is 0.468. The molecule has 0 fully saturated rings. The van der Waals surface area contributed by atoms with Crippen LogP contribution in [0.3, 0.4) is 0 Å². The molecule has 1 aliphatic heterocycles. The summed E-state index contributed by atoms with van der Waals surface area (Å²) in [4.78, 5) is 4.46. The number of ether oxygens (including phenoxy) is 1. The van der Waals surface area contributed by atoms with Crippen LogP contribution in [0.25, 0.3) is 5.57 Å². The SMILES string of the molecule is C=C(C=N)c1cnc2c(c1)NCC(C(NCCc1ccc(C#N)cc1)c1ccccc1)O2. The Morgan fingerprint density at radius 2 is 2.06 bits per heavy atom. The zero-order valence-electron chi connectivity index (χ0n) is 17.7. The van der Waals surface area contributed by atoms with E-state index in [2.05, 4.69) is 40.4 Å². The van der Waals surface area contributed by atoms with Crippen LogP contribution in [0.15, 0.2) is 73.4 Å². The number of hydrogen-bond acceptors (Lipinski definition) is 6. The molecule has 0 aliphatic carbocycles. The van der Waals surface area contributed by atoms with Crippen LogP contribution in [-0.2, 0) is 6.42 Å². The molecule has 3 N–H and O–H groups in total. The largest absolute Gasteiger partial charge is 0.469 e. The first-order valence-corrected chi connectivity index (χ1v) is 10.6. The summed E-state index contributed by atoms with van der Waals surface area (Å²) in [6, 6.07) is 22.0. The molecule has 0 radical (unpaired) electrons. The van der Waals surface area contributed by atoms with Gasteiger partial charge in [-0.25, -0.2) is 4.98 Å². The molecule has 6 nitrogen and oxygen atoms in total. The van der Waals surface area contributed by atoms with Crippen LogP contribution in [0.4, 0.5) is 5.69 Å². The fourth-order valence-corrected chi connectivity index (χ4v) is 3.76. The van der Waals surface area contributed by atoms with Gasteiger partial charge in [-0.1, -0.05) is 49.0 Å². The minimum absolute atomic E-state index is 0.0201. The van der Waals surface area contributed by atoms with Gasteiger partial charge in [0.25, 0.3) is 0 Å². The number of rotatable bonds is 8. The summed E-state index contributed by atoms with van der Waals surface area (Å²) in [5, 5.41) is 23.4. The monoisotopic (exact) mass is 423 g/mol. The standard InChI is InChI=1S/C26H25N5O/c1-18(14-27)22-13-23-26(31-16-22)32-24(17-30-23)25(21-5-3-2-4-6-21)29-12-11-19-7-9-20(15-28)10-8-19/h2-10,13-14,16,24-25,27,29-30H,1,11-12,17H2. The van der Waals surface area contributed by atoms with Crippen LogP contribution in [0, 0.1) is 16.7 Å². The highest BCUT2D eigenvalue weighted by Gasteiger charge is 2.29. The Morgan fingerprint density at radius 1 is 1.28 bits per heavy atom. The Balaban J connectivity index is 1.48. The molecule has 0 amide bonds. The molecule has 2 unspecified atom stereocenters. The highest BCUT2D eigenvalue weighted by atomic mass is 16.5. The Hall–Kier alpha value is -3.95. The van der Waals surface area contributed by atoms with Crippen LogP contribution >= 0.6 is 0 Å². The number of nitrogens with one attached hydrogen (secondary N) is 3. The van der Waals surface area contributed by atoms with Gasteiger partial charge in [0.2, 0.25) is 5.88 Å². The third kappa shape index (κ3) is 4.85. The fraction of sp³-hybridized carbons (Fsp3) is 0.192. The molecular weight excluding hydrogens is 398 g/mol. The average molecular weight is 424 g/mol. The van der Waals surface area contributed by atoms with E-state index in [0.717, 1.165) is 29.8 Å². The van der Waals surface area contributed by atoms with Crippen LogP contribution < -0.4 is 15.4 Å². The molecule has 1 aliphatic rings. The van der Waals surface area contributed by atoms with Gasteiger partial charge in [-0.15, -0.1) is 0 Å². The molecule has 0 spiro atoms. The van der Waals surface area contributed by atoms with Gasteiger partial charge in [0.1, 0.15) is 6.10 Å². The molecule has 1 aromatic heterocycles.